The van der Waals surface area contributed by atoms with E-state index in [1.807, 2.05) is 20.8 Å². The van der Waals surface area contributed by atoms with Crippen molar-refractivity contribution in [2.24, 2.45) is 0 Å². The zero-order chi connectivity index (χ0) is 15.6. The molecule has 2 rings (SSSR count). The Morgan fingerprint density at radius 3 is 2.19 bits per heavy atom. The molecule has 0 atom stereocenters. The predicted molar refractivity (Wildman–Crippen MR) is 82.5 cm³/mol. The van der Waals surface area contributed by atoms with Crippen molar-refractivity contribution in [1.29, 1.82) is 0 Å². The van der Waals surface area contributed by atoms with Crippen LogP contribution >= 0.6 is 0 Å². The average Bonchev–Trinajstić information content (AvgIpc) is 2.51. The van der Waals surface area contributed by atoms with Crippen LogP contribution in [0.2, 0.25) is 0 Å². The minimum absolute atomic E-state index is 0.139. The molecule has 0 aliphatic rings. The van der Waals surface area contributed by atoms with E-state index >= 15 is 0 Å². The summed E-state index contributed by atoms with van der Waals surface area (Å²) >= 11 is 0. The summed E-state index contributed by atoms with van der Waals surface area (Å²) < 4.78 is 5.09. The van der Waals surface area contributed by atoms with Crippen molar-refractivity contribution >= 4 is 12.1 Å². The summed E-state index contributed by atoms with van der Waals surface area (Å²) in [5.74, 6) is 0.555. The largest absolute Gasteiger partial charge is 0.497 e. The van der Waals surface area contributed by atoms with Crippen molar-refractivity contribution in [3.05, 3.63) is 63.7 Å². The van der Waals surface area contributed by atoms with E-state index in [0.717, 1.165) is 23.0 Å². The molecule has 0 unspecified atom stereocenters. The van der Waals surface area contributed by atoms with Gasteiger partial charge in [-0.1, -0.05) is 0 Å². The fourth-order valence-corrected chi connectivity index (χ4v) is 2.39. The van der Waals surface area contributed by atoms with E-state index < -0.39 is 0 Å². The van der Waals surface area contributed by atoms with Crippen LogP contribution in [0.25, 0.3) is 0 Å². The number of hydrogen-bond donors (Lipinski definition) is 0. The summed E-state index contributed by atoms with van der Waals surface area (Å²) in [5.41, 5.74) is 4.39. The van der Waals surface area contributed by atoms with Gasteiger partial charge in [-0.15, -0.1) is 0 Å². The molecule has 0 aromatic heterocycles. The van der Waals surface area contributed by atoms with Crippen LogP contribution in [0, 0.1) is 20.8 Å². The van der Waals surface area contributed by atoms with Crippen molar-refractivity contribution in [3.8, 4) is 5.75 Å². The van der Waals surface area contributed by atoms with Gasteiger partial charge in [-0.2, -0.15) is 0 Å². The maximum Gasteiger partial charge on any atom is 0.194 e. The van der Waals surface area contributed by atoms with Crippen molar-refractivity contribution < 1.29 is 14.3 Å². The normalized spacial score (nSPS) is 10.3. The summed E-state index contributed by atoms with van der Waals surface area (Å²) in [5, 5.41) is 0. The second kappa shape index (κ2) is 5.92. The third kappa shape index (κ3) is 2.72. The molecule has 0 heterocycles. The first-order valence-electron chi connectivity index (χ1n) is 6.74. The molecule has 3 nitrogen and oxygen atoms in total. The number of ether oxygens (including phenoxy) is 1. The summed E-state index contributed by atoms with van der Waals surface area (Å²) in [6.07, 6.45) is 0.746. The molecule has 0 aliphatic heterocycles. The minimum Gasteiger partial charge on any atom is -0.497 e. The number of aryl methyl sites for hydroxylation is 1. The summed E-state index contributed by atoms with van der Waals surface area (Å²) in [6.45, 7) is 5.78. The molecule has 2 aromatic rings. The quantitative estimate of drug-likeness (QED) is 0.635. The summed E-state index contributed by atoms with van der Waals surface area (Å²) in [4.78, 5) is 24.0. The first-order valence-corrected chi connectivity index (χ1v) is 6.74. The lowest BCUT2D eigenvalue weighted by Gasteiger charge is -2.13. The number of hydrogen-bond acceptors (Lipinski definition) is 3. The molecule has 0 saturated heterocycles. The van der Waals surface area contributed by atoms with Crippen LogP contribution in [0.3, 0.4) is 0 Å². The highest BCUT2D eigenvalue weighted by atomic mass is 16.5. The van der Waals surface area contributed by atoms with Crippen LogP contribution in [0.15, 0.2) is 30.3 Å². The molecule has 2 aromatic carbocycles. The Labute approximate surface area is 124 Å². The van der Waals surface area contributed by atoms with E-state index in [2.05, 4.69) is 0 Å². The molecule has 0 bridgehead atoms. The van der Waals surface area contributed by atoms with Gasteiger partial charge in [0.1, 0.15) is 5.75 Å². The second-order valence-electron chi connectivity index (χ2n) is 5.08. The Kier molecular flexibility index (Phi) is 4.22. The van der Waals surface area contributed by atoms with Crippen molar-refractivity contribution in [1.82, 2.24) is 0 Å². The Morgan fingerprint density at radius 1 is 1.05 bits per heavy atom. The zero-order valence-corrected chi connectivity index (χ0v) is 12.7. The standard InChI is InChI=1S/C18H18O3/c1-11-9-15(10-19)17(13(3)12(11)2)18(20)14-5-7-16(21-4)8-6-14/h5-10H,1-4H3. The lowest BCUT2D eigenvalue weighted by molar-refractivity contribution is 0.102. The fraction of sp³-hybridized carbons (Fsp3) is 0.222. The van der Waals surface area contributed by atoms with Gasteiger partial charge in [-0.25, -0.2) is 0 Å². The van der Waals surface area contributed by atoms with Gasteiger partial charge in [0, 0.05) is 16.7 Å². The maximum atomic E-state index is 12.7. The fourth-order valence-electron chi connectivity index (χ4n) is 2.39. The van der Waals surface area contributed by atoms with Crippen LogP contribution in [-0.4, -0.2) is 19.2 Å². The van der Waals surface area contributed by atoms with Gasteiger partial charge in [0.25, 0.3) is 0 Å². The highest BCUT2D eigenvalue weighted by Crippen LogP contribution is 2.24. The molecule has 0 amide bonds. The van der Waals surface area contributed by atoms with Crippen LogP contribution in [0.4, 0.5) is 0 Å². The van der Waals surface area contributed by atoms with Crippen molar-refractivity contribution in [2.75, 3.05) is 7.11 Å². The summed E-state index contributed by atoms with van der Waals surface area (Å²) in [6, 6.07) is 8.68. The van der Waals surface area contributed by atoms with Gasteiger partial charge in [0.15, 0.2) is 12.1 Å². The first kappa shape index (κ1) is 15.0. The third-order valence-corrected chi connectivity index (χ3v) is 3.90. The second-order valence-corrected chi connectivity index (χ2v) is 5.08. The smallest absolute Gasteiger partial charge is 0.194 e. The monoisotopic (exact) mass is 282 g/mol. The molecular formula is C18H18O3. The molecule has 0 aliphatic carbocycles. The molecule has 0 fully saturated rings. The van der Waals surface area contributed by atoms with Crippen LogP contribution in [0.1, 0.15) is 43.0 Å². The van der Waals surface area contributed by atoms with Crippen LogP contribution in [-0.2, 0) is 0 Å². The molecular weight excluding hydrogens is 264 g/mol. The Hall–Kier alpha value is -2.42. The van der Waals surface area contributed by atoms with E-state index in [4.69, 9.17) is 4.74 Å². The van der Waals surface area contributed by atoms with Gasteiger partial charge in [0.2, 0.25) is 0 Å². The average molecular weight is 282 g/mol. The van der Waals surface area contributed by atoms with Gasteiger partial charge in [0.05, 0.1) is 7.11 Å². The number of methoxy groups -OCH3 is 1. The predicted octanol–water partition coefficient (Wildman–Crippen LogP) is 3.66. The number of carbonyl (C=O) groups excluding carboxylic acids is 2. The Bertz CT molecular complexity index is 697. The van der Waals surface area contributed by atoms with E-state index in [-0.39, 0.29) is 5.78 Å². The number of carbonyl (C=O) groups is 2. The molecule has 3 heteroatoms. The van der Waals surface area contributed by atoms with E-state index in [9.17, 15) is 9.59 Å². The van der Waals surface area contributed by atoms with Gasteiger partial charge in [-0.3, -0.25) is 9.59 Å². The zero-order valence-electron chi connectivity index (χ0n) is 12.7. The minimum atomic E-state index is -0.139. The lowest BCUT2D eigenvalue weighted by Crippen LogP contribution is -2.10. The van der Waals surface area contributed by atoms with Crippen molar-refractivity contribution in [3.63, 3.8) is 0 Å². The van der Waals surface area contributed by atoms with Crippen LogP contribution < -0.4 is 4.74 Å². The SMILES string of the molecule is COc1ccc(C(=O)c2c(C=O)cc(C)c(C)c2C)cc1. The number of ketones is 1. The number of aldehydes is 1. The van der Waals surface area contributed by atoms with Crippen LogP contribution in [0.5, 0.6) is 5.75 Å². The van der Waals surface area contributed by atoms with Gasteiger partial charge < -0.3 is 4.74 Å². The Balaban J connectivity index is 2.56. The van der Waals surface area contributed by atoms with Gasteiger partial charge >= 0.3 is 0 Å². The van der Waals surface area contributed by atoms with Crippen molar-refractivity contribution in [2.45, 2.75) is 20.8 Å². The third-order valence-electron chi connectivity index (χ3n) is 3.90. The first-order chi connectivity index (χ1) is 9.99. The maximum absolute atomic E-state index is 12.7. The molecule has 0 radical (unpaired) electrons. The van der Waals surface area contributed by atoms with E-state index in [0.29, 0.717) is 22.4 Å². The molecule has 0 spiro atoms. The van der Waals surface area contributed by atoms with Gasteiger partial charge in [-0.05, 0) is 67.8 Å². The molecule has 21 heavy (non-hydrogen) atoms. The molecule has 0 N–H and O–H groups in total. The molecule has 0 saturated carbocycles. The highest BCUT2D eigenvalue weighted by Gasteiger charge is 2.18. The summed E-state index contributed by atoms with van der Waals surface area (Å²) in [7, 11) is 1.58. The lowest BCUT2D eigenvalue weighted by atomic mass is 9.89. The Morgan fingerprint density at radius 2 is 1.67 bits per heavy atom. The van der Waals surface area contributed by atoms with E-state index in [1.165, 1.54) is 0 Å². The van der Waals surface area contributed by atoms with E-state index in [1.54, 1.807) is 37.4 Å². The number of rotatable bonds is 4. The highest BCUT2D eigenvalue weighted by molar-refractivity contribution is 6.14. The number of benzene rings is 2. The molecule has 108 valence electrons. The topological polar surface area (TPSA) is 43.4 Å².